The van der Waals surface area contributed by atoms with E-state index >= 15 is 0 Å². The summed E-state index contributed by atoms with van der Waals surface area (Å²) in [6.45, 7) is 9.51. The lowest BCUT2D eigenvalue weighted by Gasteiger charge is -2.26. The van der Waals surface area contributed by atoms with Crippen LogP contribution < -0.4 is 0 Å². The minimum atomic E-state index is -0.458. The molecule has 1 saturated heterocycles. The van der Waals surface area contributed by atoms with Gasteiger partial charge in [0.25, 0.3) is 0 Å². The molecule has 0 spiro atoms. The molecule has 1 heterocycles. The third-order valence-electron chi connectivity index (χ3n) is 4.46. The summed E-state index contributed by atoms with van der Waals surface area (Å²) >= 11 is 0. The highest BCUT2D eigenvalue weighted by Gasteiger charge is 2.32. The van der Waals surface area contributed by atoms with Crippen molar-refractivity contribution in [2.75, 3.05) is 20.3 Å². The van der Waals surface area contributed by atoms with Crippen LogP contribution in [0.4, 0.5) is 0 Å². The molecular formula is C17H30O4. The Kier molecular flexibility index (Phi) is 6.88. The van der Waals surface area contributed by atoms with E-state index in [-0.39, 0.29) is 11.4 Å². The van der Waals surface area contributed by atoms with Crippen molar-refractivity contribution in [1.82, 2.24) is 0 Å². The van der Waals surface area contributed by atoms with E-state index in [1.165, 1.54) is 7.11 Å². The third-order valence-corrected chi connectivity index (χ3v) is 4.46. The van der Waals surface area contributed by atoms with Gasteiger partial charge in [0.05, 0.1) is 25.7 Å². The maximum absolute atomic E-state index is 11.8. The number of rotatable bonds is 8. The fourth-order valence-corrected chi connectivity index (χ4v) is 2.50. The van der Waals surface area contributed by atoms with Crippen molar-refractivity contribution in [3.8, 4) is 0 Å². The Morgan fingerprint density at radius 1 is 1.43 bits per heavy atom. The second-order valence-corrected chi connectivity index (χ2v) is 6.38. The molecule has 0 aromatic rings. The third kappa shape index (κ3) is 5.44. The average Bonchev–Trinajstić information content (AvgIpc) is 2.90. The minimum Gasteiger partial charge on any atom is -0.469 e. The minimum absolute atomic E-state index is 0.110. The van der Waals surface area contributed by atoms with Gasteiger partial charge in [-0.1, -0.05) is 26.0 Å². The smallest absolute Gasteiger partial charge is 0.311 e. The lowest BCUT2D eigenvalue weighted by molar-refractivity contribution is -0.152. The zero-order chi connectivity index (χ0) is 15.9. The first-order chi connectivity index (χ1) is 9.85. The van der Waals surface area contributed by atoms with Crippen LogP contribution in [0.2, 0.25) is 0 Å². The van der Waals surface area contributed by atoms with Gasteiger partial charge in [-0.2, -0.15) is 0 Å². The van der Waals surface area contributed by atoms with Crippen LogP contribution in [0.3, 0.4) is 0 Å². The lowest BCUT2D eigenvalue weighted by atomic mass is 9.80. The molecule has 4 nitrogen and oxygen atoms in total. The molecule has 0 amide bonds. The predicted molar refractivity (Wildman–Crippen MR) is 82.9 cm³/mol. The summed E-state index contributed by atoms with van der Waals surface area (Å²) in [5, 5.41) is 0. The Morgan fingerprint density at radius 2 is 2.05 bits per heavy atom. The summed E-state index contributed by atoms with van der Waals surface area (Å²) in [7, 11) is 1.46. The summed E-state index contributed by atoms with van der Waals surface area (Å²) in [4.78, 5) is 11.8. The van der Waals surface area contributed by atoms with Gasteiger partial charge in [0.15, 0.2) is 5.79 Å². The molecule has 2 unspecified atom stereocenters. The van der Waals surface area contributed by atoms with Gasteiger partial charge < -0.3 is 14.2 Å². The van der Waals surface area contributed by atoms with Gasteiger partial charge in [-0.25, -0.2) is 0 Å². The number of methoxy groups -OCH3 is 1. The SMILES string of the molecule is CCC(C)(CCC(C)/C=C/CC1(C)OCCO1)C(=O)OC. The maximum Gasteiger partial charge on any atom is 0.311 e. The number of hydrogen-bond donors (Lipinski definition) is 0. The highest BCUT2D eigenvalue weighted by Crippen LogP contribution is 2.31. The van der Waals surface area contributed by atoms with E-state index in [0.717, 1.165) is 25.7 Å². The van der Waals surface area contributed by atoms with Crippen molar-refractivity contribution in [2.45, 2.75) is 59.2 Å². The molecule has 0 radical (unpaired) electrons. The van der Waals surface area contributed by atoms with Crippen LogP contribution in [-0.4, -0.2) is 32.1 Å². The number of ether oxygens (including phenoxy) is 3. The maximum atomic E-state index is 11.8. The van der Waals surface area contributed by atoms with Crippen LogP contribution >= 0.6 is 0 Å². The molecule has 1 fully saturated rings. The monoisotopic (exact) mass is 298 g/mol. The number of allylic oxidation sites excluding steroid dienone is 1. The zero-order valence-electron chi connectivity index (χ0n) is 14.1. The van der Waals surface area contributed by atoms with Crippen LogP contribution in [0.1, 0.15) is 53.4 Å². The van der Waals surface area contributed by atoms with Crippen LogP contribution in [0.5, 0.6) is 0 Å². The summed E-state index contributed by atoms with van der Waals surface area (Å²) in [5.41, 5.74) is -0.375. The molecule has 0 N–H and O–H groups in total. The first-order valence-corrected chi connectivity index (χ1v) is 7.88. The van der Waals surface area contributed by atoms with E-state index in [1.807, 2.05) is 20.8 Å². The fourth-order valence-electron chi connectivity index (χ4n) is 2.50. The normalized spacial score (nSPS) is 22.1. The highest BCUT2D eigenvalue weighted by atomic mass is 16.7. The number of hydrogen-bond acceptors (Lipinski definition) is 4. The average molecular weight is 298 g/mol. The van der Waals surface area contributed by atoms with Crippen molar-refractivity contribution < 1.29 is 19.0 Å². The van der Waals surface area contributed by atoms with Crippen molar-refractivity contribution in [3.63, 3.8) is 0 Å². The number of esters is 1. The molecule has 0 bridgehead atoms. The molecule has 1 aliphatic heterocycles. The summed E-state index contributed by atoms with van der Waals surface area (Å²) < 4.78 is 16.0. The molecule has 0 saturated carbocycles. The van der Waals surface area contributed by atoms with Gasteiger partial charge in [0.1, 0.15) is 0 Å². The Morgan fingerprint density at radius 3 is 2.57 bits per heavy atom. The molecule has 21 heavy (non-hydrogen) atoms. The van der Waals surface area contributed by atoms with Crippen molar-refractivity contribution in [3.05, 3.63) is 12.2 Å². The number of carbonyl (C=O) groups excluding carboxylic acids is 1. The van der Waals surface area contributed by atoms with Crippen LogP contribution in [0.25, 0.3) is 0 Å². The molecule has 0 aromatic carbocycles. The molecule has 0 aliphatic carbocycles. The Hall–Kier alpha value is -0.870. The first kappa shape index (κ1) is 18.2. The van der Waals surface area contributed by atoms with Gasteiger partial charge in [0.2, 0.25) is 0 Å². The van der Waals surface area contributed by atoms with Crippen molar-refractivity contribution in [2.24, 2.45) is 11.3 Å². The second-order valence-electron chi connectivity index (χ2n) is 6.38. The molecule has 4 heteroatoms. The standard InChI is InChI=1S/C17H30O4/c1-6-16(3,15(18)19-5)11-9-14(2)8-7-10-17(4)20-12-13-21-17/h7-8,14H,6,9-13H2,1-5H3/b8-7+. The predicted octanol–water partition coefficient (Wildman–Crippen LogP) is 3.70. The summed E-state index contributed by atoms with van der Waals surface area (Å²) in [6, 6.07) is 0. The Balaban J connectivity index is 2.39. The van der Waals surface area contributed by atoms with E-state index < -0.39 is 5.79 Å². The van der Waals surface area contributed by atoms with Crippen molar-refractivity contribution in [1.29, 1.82) is 0 Å². The van der Waals surface area contributed by atoms with E-state index in [9.17, 15) is 4.79 Å². The molecular weight excluding hydrogens is 268 g/mol. The van der Waals surface area contributed by atoms with Crippen LogP contribution in [0.15, 0.2) is 12.2 Å². The topological polar surface area (TPSA) is 44.8 Å². The van der Waals surface area contributed by atoms with Crippen molar-refractivity contribution >= 4 is 5.97 Å². The van der Waals surface area contributed by atoms with Crippen LogP contribution in [-0.2, 0) is 19.0 Å². The molecule has 0 aromatic heterocycles. The second kappa shape index (κ2) is 7.95. The molecule has 1 rings (SSSR count). The van der Waals surface area contributed by atoms with E-state index in [4.69, 9.17) is 14.2 Å². The van der Waals surface area contributed by atoms with Gasteiger partial charge >= 0.3 is 5.97 Å². The number of carbonyl (C=O) groups is 1. The van der Waals surface area contributed by atoms with Gasteiger partial charge in [0, 0.05) is 6.42 Å². The van der Waals surface area contributed by atoms with Gasteiger partial charge in [-0.3, -0.25) is 4.79 Å². The quantitative estimate of drug-likeness (QED) is 0.506. The van der Waals surface area contributed by atoms with Crippen LogP contribution in [0, 0.1) is 11.3 Å². The Bertz CT molecular complexity index is 358. The highest BCUT2D eigenvalue weighted by molar-refractivity contribution is 5.76. The zero-order valence-corrected chi connectivity index (χ0v) is 14.1. The van der Waals surface area contributed by atoms with E-state index in [0.29, 0.717) is 19.1 Å². The van der Waals surface area contributed by atoms with E-state index in [1.54, 1.807) is 0 Å². The van der Waals surface area contributed by atoms with E-state index in [2.05, 4.69) is 19.1 Å². The lowest BCUT2D eigenvalue weighted by Crippen LogP contribution is -2.28. The Labute approximate surface area is 128 Å². The largest absolute Gasteiger partial charge is 0.469 e. The molecule has 1 aliphatic rings. The molecule has 122 valence electrons. The summed E-state index contributed by atoms with van der Waals surface area (Å²) in [5.74, 6) is -0.146. The van der Waals surface area contributed by atoms with Gasteiger partial charge in [-0.15, -0.1) is 0 Å². The molecule has 2 atom stereocenters. The fraction of sp³-hybridized carbons (Fsp3) is 0.824. The summed E-state index contributed by atoms with van der Waals surface area (Å²) in [6.07, 6.45) is 7.68. The van der Waals surface area contributed by atoms with Gasteiger partial charge in [-0.05, 0) is 39.0 Å². The first-order valence-electron chi connectivity index (χ1n) is 7.88.